The Labute approximate surface area is 185 Å². The number of fused-ring (bicyclic) bond motifs is 1. The van der Waals surface area contributed by atoms with Crippen molar-refractivity contribution in [2.24, 2.45) is 0 Å². The molecule has 2 aromatic carbocycles. The Morgan fingerprint density at radius 2 is 1.87 bits per heavy atom. The number of rotatable bonds is 11. The number of nitrogens with one attached hydrogen (secondary N) is 2. The predicted molar refractivity (Wildman–Crippen MR) is 123 cm³/mol. The zero-order valence-corrected chi connectivity index (χ0v) is 18.2. The summed E-state index contributed by atoms with van der Waals surface area (Å²) in [6, 6.07) is 12.6. The van der Waals surface area contributed by atoms with E-state index < -0.39 is 12.0 Å². The quantitative estimate of drug-likeness (QED) is 0.337. The molecule has 1 unspecified atom stereocenters. The molecule has 7 nitrogen and oxygen atoms in total. The largest absolute Gasteiger partial charge is 0.480 e. The van der Waals surface area contributed by atoms with Crippen LogP contribution in [0.2, 0.25) is 0 Å². The zero-order chi connectivity index (χ0) is 22.2. The third-order valence-electron chi connectivity index (χ3n) is 4.87. The van der Waals surface area contributed by atoms with Gasteiger partial charge in [0.15, 0.2) is 0 Å². The van der Waals surface area contributed by atoms with E-state index in [1.54, 1.807) is 23.5 Å². The molecule has 31 heavy (non-hydrogen) atoms. The van der Waals surface area contributed by atoms with Crippen molar-refractivity contribution in [1.29, 1.82) is 0 Å². The second-order valence-corrected chi connectivity index (χ2v) is 8.48. The molecule has 4 N–H and O–H groups in total. The van der Waals surface area contributed by atoms with Gasteiger partial charge >= 0.3 is 5.97 Å². The SMILES string of the molecule is Cc1ccc2nc(-c3ccc(NC(=O)CC(NCCCCCO)C(=O)O)cc3)sc2c1. The molecule has 0 aliphatic heterocycles. The molecule has 0 aliphatic rings. The first-order valence-electron chi connectivity index (χ1n) is 10.3. The average molecular weight is 442 g/mol. The van der Waals surface area contributed by atoms with Crippen molar-refractivity contribution in [1.82, 2.24) is 10.3 Å². The number of anilines is 1. The van der Waals surface area contributed by atoms with Crippen LogP contribution in [-0.2, 0) is 9.59 Å². The summed E-state index contributed by atoms with van der Waals surface area (Å²) in [5, 5.41) is 24.7. The van der Waals surface area contributed by atoms with Crippen LogP contribution in [-0.4, -0.2) is 46.3 Å². The van der Waals surface area contributed by atoms with E-state index in [-0.39, 0.29) is 18.9 Å². The summed E-state index contributed by atoms with van der Waals surface area (Å²) in [6.07, 6.45) is 2.09. The molecule has 8 heteroatoms. The smallest absolute Gasteiger partial charge is 0.321 e. The van der Waals surface area contributed by atoms with Gasteiger partial charge in [-0.2, -0.15) is 0 Å². The monoisotopic (exact) mass is 441 g/mol. The Bertz CT molecular complexity index is 1030. The summed E-state index contributed by atoms with van der Waals surface area (Å²) < 4.78 is 1.14. The van der Waals surface area contributed by atoms with Crippen molar-refractivity contribution < 1.29 is 19.8 Å². The van der Waals surface area contributed by atoms with Gasteiger partial charge < -0.3 is 20.8 Å². The van der Waals surface area contributed by atoms with E-state index in [2.05, 4.69) is 28.6 Å². The minimum atomic E-state index is -1.06. The second-order valence-electron chi connectivity index (χ2n) is 7.45. The van der Waals surface area contributed by atoms with Gasteiger partial charge in [0.1, 0.15) is 11.0 Å². The summed E-state index contributed by atoms with van der Waals surface area (Å²) in [6.45, 7) is 2.67. The highest BCUT2D eigenvalue weighted by molar-refractivity contribution is 7.21. The molecule has 1 heterocycles. The number of thiazole rings is 1. The van der Waals surface area contributed by atoms with E-state index in [1.165, 1.54) is 5.56 Å². The number of amides is 1. The third-order valence-corrected chi connectivity index (χ3v) is 5.94. The maximum atomic E-state index is 12.3. The number of carboxylic acid groups (broad SMARTS) is 1. The van der Waals surface area contributed by atoms with E-state index in [0.29, 0.717) is 18.7 Å². The molecular weight excluding hydrogens is 414 g/mol. The Morgan fingerprint density at radius 3 is 2.58 bits per heavy atom. The number of nitrogens with zero attached hydrogens (tertiary/aromatic N) is 1. The Morgan fingerprint density at radius 1 is 1.10 bits per heavy atom. The second kappa shape index (κ2) is 11.0. The van der Waals surface area contributed by atoms with Gasteiger partial charge in [0.25, 0.3) is 0 Å². The highest BCUT2D eigenvalue weighted by atomic mass is 32.1. The number of carbonyl (C=O) groups is 2. The Balaban J connectivity index is 1.56. The zero-order valence-electron chi connectivity index (χ0n) is 17.4. The number of aromatic nitrogens is 1. The third kappa shape index (κ3) is 6.58. The fourth-order valence-electron chi connectivity index (χ4n) is 3.19. The van der Waals surface area contributed by atoms with E-state index in [0.717, 1.165) is 33.6 Å². The molecule has 0 saturated heterocycles. The molecule has 0 bridgehead atoms. The molecule has 1 amide bonds. The van der Waals surface area contributed by atoms with Gasteiger partial charge in [-0.1, -0.05) is 6.07 Å². The number of benzene rings is 2. The van der Waals surface area contributed by atoms with E-state index >= 15 is 0 Å². The van der Waals surface area contributed by atoms with Gasteiger partial charge in [0, 0.05) is 17.9 Å². The maximum Gasteiger partial charge on any atom is 0.321 e. The van der Waals surface area contributed by atoms with Crippen LogP contribution in [0.5, 0.6) is 0 Å². The normalized spacial score (nSPS) is 12.1. The number of aliphatic hydroxyl groups excluding tert-OH is 1. The summed E-state index contributed by atoms with van der Waals surface area (Å²) in [5.41, 5.74) is 3.73. The molecule has 164 valence electrons. The lowest BCUT2D eigenvalue weighted by atomic mass is 10.1. The average Bonchev–Trinajstić information content (AvgIpc) is 3.16. The van der Waals surface area contributed by atoms with Crippen LogP contribution in [0, 0.1) is 6.92 Å². The number of aliphatic hydroxyl groups is 1. The summed E-state index contributed by atoms with van der Waals surface area (Å²) in [5.74, 6) is -1.42. The molecule has 1 atom stereocenters. The van der Waals surface area contributed by atoms with Crippen molar-refractivity contribution in [3.05, 3.63) is 48.0 Å². The highest BCUT2D eigenvalue weighted by Crippen LogP contribution is 2.31. The van der Waals surface area contributed by atoms with Crippen LogP contribution in [0.1, 0.15) is 31.2 Å². The number of hydrogen-bond acceptors (Lipinski definition) is 6. The Hall–Kier alpha value is -2.81. The lowest BCUT2D eigenvalue weighted by molar-refractivity contribution is -0.141. The van der Waals surface area contributed by atoms with Crippen LogP contribution in [0.3, 0.4) is 0 Å². The molecule has 0 fully saturated rings. The van der Waals surface area contributed by atoms with Gasteiger partial charge in [-0.25, -0.2) is 4.98 Å². The van der Waals surface area contributed by atoms with Crippen molar-refractivity contribution in [2.45, 2.75) is 38.6 Å². The van der Waals surface area contributed by atoms with Crippen molar-refractivity contribution in [2.75, 3.05) is 18.5 Å². The van der Waals surface area contributed by atoms with Gasteiger partial charge in [-0.15, -0.1) is 11.3 Å². The van der Waals surface area contributed by atoms with E-state index in [9.17, 15) is 14.7 Å². The fraction of sp³-hybridized carbons (Fsp3) is 0.348. The van der Waals surface area contributed by atoms with Gasteiger partial charge in [-0.3, -0.25) is 9.59 Å². The van der Waals surface area contributed by atoms with Gasteiger partial charge in [-0.05, 0) is 74.7 Å². The standard InChI is InChI=1S/C23H27N3O4S/c1-15-5-10-18-20(13-15)31-22(26-18)16-6-8-17(9-7-16)25-21(28)14-19(23(29)30)24-11-3-2-4-12-27/h5-10,13,19,24,27H,2-4,11-12,14H2,1H3,(H,25,28)(H,29,30). The lowest BCUT2D eigenvalue weighted by Crippen LogP contribution is -2.40. The number of carboxylic acids is 1. The van der Waals surface area contributed by atoms with Crippen LogP contribution in [0.25, 0.3) is 20.8 Å². The first kappa shape index (κ1) is 22.9. The van der Waals surface area contributed by atoms with E-state index in [4.69, 9.17) is 5.11 Å². The maximum absolute atomic E-state index is 12.3. The van der Waals surface area contributed by atoms with Crippen molar-refractivity contribution in [3.63, 3.8) is 0 Å². The first-order valence-corrected chi connectivity index (χ1v) is 11.1. The lowest BCUT2D eigenvalue weighted by Gasteiger charge is -2.14. The van der Waals surface area contributed by atoms with Gasteiger partial charge in [0.05, 0.1) is 16.6 Å². The van der Waals surface area contributed by atoms with Crippen molar-refractivity contribution in [3.8, 4) is 10.6 Å². The molecule has 0 radical (unpaired) electrons. The molecule has 3 rings (SSSR count). The van der Waals surface area contributed by atoms with Crippen LogP contribution in [0.15, 0.2) is 42.5 Å². The predicted octanol–water partition coefficient (Wildman–Crippen LogP) is 3.81. The minimum absolute atomic E-state index is 0.127. The molecule has 1 aromatic heterocycles. The van der Waals surface area contributed by atoms with Crippen LogP contribution < -0.4 is 10.6 Å². The number of aryl methyl sites for hydroxylation is 1. The number of carbonyl (C=O) groups excluding carboxylic acids is 1. The summed E-state index contributed by atoms with van der Waals surface area (Å²) in [4.78, 5) is 28.4. The molecule has 0 saturated carbocycles. The number of hydrogen-bond donors (Lipinski definition) is 4. The summed E-state index contributed by atoms with van der Waals surface area (Å²) >= 11 is 1.62. The molecule has 3 aromatic rings. The van der Waals surface area contributed by atoms with Crippen LogP contribution >= 0.6 is 11.3 Å². The van der Waals surface area contributed by atoms with E-state index in [1.807, 2.05) is 24.3 Å². The van der Waals surface area contributed by atoms with Gasteiger partial charge in [0.2, 0.25) is 5.91 Å². The molecular formula is C23H27N3O4S. The number of aliphatic carboxylic acids is 1. The van der Waals surface area contributed by atoms with Crippen LogP contribution in [0.4, 0.5) is 5.69 Å². The van der Waals surface area contributed by atoms with Crippen molar-refractivity contribution >= 4 is 39.1 Å². The summed E-state index contributed by atoms with van der Waals surface area (Å²) in [7, 11) is 0. The topological polar surface area (TPSA) is 112 Å². The Kier molecular flexibility index (Phi) is 8.11. The highest BCUT2D eigenvalue weighted by Gasteiger charge is 2.20. The fourth-order valence-corrected chi connectivity index (χ4v) is 4.25. The molecule has 0 aliphatic carbocycles. The first-order chi connectivity index (χ1) is 15.0. The minimum Gasteiger partial charge on any atom is -0.480 e. The molecule has 0 spiro atoms. The number of unbranched alkanes of at least 4 members (excludes halogenated alkanes) is 2.